The molecule has 2 N–H and O–H groups in total. The van der Waals surface area contributed by atoms with Crippen molar-refractivity contribution < 1.29 is 31.1 Å². The summed E-state index contributed by atoms with van der Waals surface area (Å²) in [4.78, 5) is 16.4. The molecule has 36 heavy (non-hydrogen) atoms. The van der Waals surface area contributed by atoms with Crippen LogP contribution >= 0.6 is 0 Å². The smallest absolute Gasteiger partial charge is 0.325 e. The van der Waals surface area contributed by atoms with E-state index in [2.05, 4.69) is 30.9 Å². The van der Waals surface area contributed by atoms with Gasteiger partial charge in [0.1, 0.15) is 11.6 Å². The lowest BCUT2D eigenvalue weighted by Crippen LogP contribution is -2.29. The van der Waals surface area contributed by atoms with E-state index in [4.69, 9.17) is 0 Å². The minimum Gasteiger partial charge on any atom is -0.325 e. The molecular weight excluding hydrogens is 490 g/mol. The number of amides is 1. The van der Waals surface area contributed by atoms with Gasteiger partial charge in [0.25, 0.3) is 0 Å². The molecule has 2 heterocycles. The third kappa shape index (κ3) is 4.16. The molecule has 2 aromatic heterocycles. The Bertz CT molecular complexity index is 1470. The average Bonchev–Trinajstić information content (AvgIpc) is 3.45. The largest absolute Gasteiger partial charge is 0.416 e. The number of carbonyl (C=O) groups excluding carboxylic acids is 1. The molecule has 13 heteroatoms. The van der Waals surface area contributed by atoms with Crippen molar-refractivity contribution in [3.63, 3.8) is 0 Å². The number of H-pyrrole nitrogens is 1. The molecule has 184 valence electrons. The number of carbonyl (C=O) groups is 1. The molecule has 0 spiro atoms. The van der Waals surface area contributed by atoms with E-state index >= 15 is 0 Å². The molecule has 1 saturated carbocycles. The maximum Gasteiger partial charge on any atom is 0.416 e. The van der Waals surface area contributed by atoms with Crippen molar-refractivity contribution in [2.45, 2.75) is 24.4 Å². The van der Waals surface area contributed by atoms with E-state index in [1.807, 2.05) is 0 Å². The quantitative estimate of drug-likeness (QED) is 0.294. The van der Waals surface area contributed by atoms with Gasteiger partial charge in [-0.15, -0.1) is 5.10 Å². The summed E-state index contributed by atoms with van der Waals surface area (Å²) in [5.41, 5.74) is -2.14. The van der Waals surface area contributed by atoms with Crippen molar-refractivity contribution in [1.29, 1.82) is 0 Å². The molecule has 5 rings (SSSR count). The van der Waals surface area contributed by atoms with Gasteiger partial charge in [0.05, 0.1) is 17.2 Å². The van der Waals surface area contributed by atoms with E-state index in [1.54, 1.807) is 0 Å². The van der Waals surface area contributed by atoms with Crippen LogP contribution in [0, 0.1) is 17.6 Å². The summed E-state index contributed by atoms with van der Waals surface area (Å²) in [6.45, 7) is 0. The van der Waals surface area contributed by atoms with Crippen molar-refractivity contribution in [2.75, 3.05) is 5.32 Å². The summed E-state index contributed by atoms with van der Waals surface area (Å²) in [6.07, 6.45) is -3.53. The predicted molar refractivity (Wildman–Crippen MR) is 114 cm³/mol. The first-order valence-electron chi connectivity index (χ1n) is 10.5. The molecule has 1 aliphatic carbocycles. The van der Waals surface area contributed by atoms with Crippen LogP contribution in [0.5, 0.6) is 0 Å². The fourth-order valence-electron chi connectivity index (χ4n) is 4.02. The van der Waals surface area contributed by atoms with Gasteiger partial charge in [-0.3, -0.25) is 4.79 Å². The number of nitrogens with zero attached hydrogens (tertiary/aromatic N) is 4. The number of rotatable bonds is 5. The normalized spacial score (nSPS) is 14.5. The molecule has 7 nitrogen and oxygen atoms in total. The number of pyridine rings is 1. The van der Waals surface area contributed by atoms with Gasteiger partial charge in [-0.1, -0.05) is 12.1 Å². The lowest BCUT2D eigenvalue weighted by Gasteiger charge is -2.18. The molecule has 0 aliphatic heterocycles. The number of nitrogens with one attached hydrogen (secondary N) is 2. The van der Waals surface area contributed by atoms with E-state index in [1.165, 1.54) is 18.2 Å². The Morgan fingerprint density at radius 2 is 1.72 bits per heavy atom. The molecule has 4 aromatic rings. The summed E-state index contributed by atoms with van der Waals surface area (Å²) in [7, 11) is 0. The summed E-state index contributed by atoms with van der Waals surface area (Å²) < 4.78 is 81.4. The van der Waals surface area contributed by atoms with Gasteiger partial charge in [-0.25, -0.2) is 18.9 Å². The molecule has 0 saturated heterocycles. The van der Waals surface area contributed by atoms with Crippen molar-refractivity contribution >= 4 is 11.6 Å². The van der Waals surface area contributed by atoms with Gasteiger partial charge in [0.15, 0.2) is 5.82 Å². The lowest BCUT2D eigenvalue weighted by atomic mass is 9.92. The Morgan fingerprint density at radius 1 is 0.944 bits per heavy atom. The monoisotopic (exact) mass is 504 g/mol. The predicted octanol–water partition coefficient (Wildman–Crippen LogP) is 5.04. The second kappa shape index (κ2) is 8.43. The average molecular weight is 504 g/mol. The standard InChI is InChI=1S/C23H14F6N6O/c24-17-7-11(23(27,28)29)1-4-16(17)22(5-6-22)21(36)31-12-2-3-13(14-9-19(26)30-10-18(14)25)15(8-12)20-32-34-35-33-20/h1-4,7-10H,5-6H2,(H,31,36)(H,32,33,34,35). The third-order valence-corrected chi connectivity index (χ3v) is 5.99. The Kier molecular flexibility index (Phi) is 5.49. The molecule has 1 fully saturated rings. The van der Waals surface area contributed by atoms with Gasteiger partial charge < -0.3 is 5.32 Å². The fourth-order valence-corrected chi connectivity index (χ4v) is 4.02. The molecular formula is C23H14F6N6O. The Hall–Kier alpha value is -4.29. The van der Waals surface area contributed by atoms with Gasteiger partial charge in [0.2, 0.25) is 11.9 Å². The number of hydrogen-bond donors (Lipinski definition) is 2. The van der Waals surface area contributed by atoms with Gasteiger partial charge in [-0.2, -0.15) is 17.6 Å². The van der Waals surface area contributed by atoms with Crippen LogP contribution in [0.25, 0.3) is 22.5 Å². The van der Waals surface area contributed by atoms with Crippen LogP contribution in [-0.2, 0) is 16.4 Å². The molecule has 2 aromatic carbocycles. The van der Waals surface area contributed by atoms with E-state index in [0.717, 1.165) is 24.4 Å². The highest BCUT2D eigenvalue weighted by atomic mass is 19.4. The van der Waals surface area contributed by atoms with Crippen molar-refractivity contribution in [1.82, 2.24) is 25.6 Å². The van der Waals surface area contributed by atoms with Crippen LogP contribution in [-0.4, -0.2) is 31.5 Å². The second-order valence-electron chi connectivity index (χ2n) is 8.23. The maximum atomic E-state index is 14.6. The molecule has 0 unspecified atom stereocenters. The summed E-state index contributed by atoms with van der Waals surface area (Å²) >= 11 is 0. The molecule has 1 amide bonds. The van der Waals surface area contributed by atoms with Crippen LogP contribution in [0.15, 0.2) is 48.7 Å². The molecule has 0 radical (unpaired) electrons. The van der Waals surface area contributed by atoms with Gasteiger partial charge in [0, 0.05) is 28.4 Å². The van der Waals surface area contributed by atoms with Crippen LogP contribution in [0.2, 0.25) is 0 Å². The molecule has 0 bridgehead atoms. The molecule has 1 aliphatic rings. The highest BCUT2D eigenvalue weighted by molar-refractivity contribution is 6.02. The van der Waals surface area contributed by atoms with Crippen molar-refractivity contribution in [2.24, 2.45) is 0 Å². The summed E-state index contributed by atoms with van der Waals surface area (Å²) in [6, 6.07) is 7.20. The van der Waals surface area contributed by atoms with Crippen molar-refractivity contribution in [3.8, 4) is 22.5 Å². The van der Waals surface area contributed by atoms with Crippen LogP contribution in [0.1, 0.15) is 24.0 Å². The third-order valence-electron chi connectivity index (χ3n) is 5.99. The summed E-state index contributed by atoms with van der Waals surface area (Å²) in [5.74, 6) is -3.39. The number of halogens is 6. The van der Waals surface area contributed by atoms with Crippen LogP contribution in [0.4, 0.5) is 32.0 Å². The highest BCUT2D eigenvalue weighted by Crippen LogP contribution is 2.50. The zero-order valence-corrected chi connectivity index (χ0v) is 18.0. The number of aromatic nitrogens is 5. The topological polar surface area (TPSA) is 96.5 Å². The van der Waals surface area contributed by atoms with Gasteiger partial charge >= 0.3 is 6.18 Å². The zero-order valence-electron chi connectivity index (χ0n) is 18.0. The van der Waals surface area contributed by atoms with Crippen molar-refractivity contribution in [3.05, 3.63) is 77.4 Å². The Labute approximate surface area is 198 Å². The number of aromatic amines is 1. The fraction of sp³-hybridized carbons (Fsp3) is 0.174. The van der Waals surface area contributed by atoms with E-state index in [-0.39, 0.29) is 46.6 Å². The Balaban J connectivity index is 1.49. The van der Waals surface area contributed by atoms with E-state index < -0.39 is 40.6 Å². The van der Waals surface area contributed by atoms with E-state index in [0.29, 0.717) is 6.07 Å². The number of anilines is 1. The zero-order chi connectivity index (χ0) is 25.7. The minimum atomic E-state index is -4.72. The number of hydrogen-bond acceptors (Lipinski definition) is 5. The first kappa shape index (κ1) is 23.5. The SMILES string of the molecule is O=C(Nc1ccc(-c2cc(F)ncc2F)c(-c2nnn[nH]2)c1)C1(c2ccc(C(F)(F)F)cc2F)CC1. The van der Waals surface area contributed by atoms with Crippen LogP contribution < -0.4 is 5.32 Å². The highest BCUT2D eigenvalue weighted by Gasteiger charge is 2.53. The lowest BCUT2D eigenvalue weighted by molar-refractivity contribution is -0.137. The van der Waals surface area contributed by atoms with E-state index in [9.17, 15) is 31.1 Å². The molecule has 0 atom stereocenters. The summed E-state index contributed by atoms with van der Waals surface area (Å²) in [5, 5.41) is 15.9. The minimum absolute atomic E-state index is 0.0904. The maximum absolute atomic E-state index is 14.6. The first-order valence-corrected chi connectivity index (χ1v) is 10.5. The Morgan fingerprint density at radius 3 is 2.36 bits per heavy atom. The number of benzene rings is 2. The first-order chi connectivity index (χ1) is 17.1. The number of tetrazole rings is 1. The number of alkyl halides is 3. The second-order valence-corrected chi connectivity index (χ2v) is 8.23. The van der Waals surface area contributed by atoms with Crippen LogP contribution in [0.3, 0.4) is 0 Å². The van der Waals surface area contributed by atoms with Gasteiger partial charge in [-0.05, 0) is 53.1 Å².